The number of hydrogen-bond acceptors (Lipinski definition) is 7. The standard InChI is InChI=1S/C26H34N2O6/c1-31-20-7-9-21(10-8-20)32-14-4-5-25(29)27-22(18-28-12-2-3-13-28)26(30)19-6-11-23-24(17-19)34-16-15-33-23/h6-11,17,22,26,30H,2-5,12-16,18H2,1H3,(H,27,29). The van der Waals surface area contributed by atoms with Gasteiger partial charge in [-0.3, -0.25) is 4.79 Å². The van der Waals surface area contributed by atoms with Crippen LogP contribution in [-0.4, -0.2) is 68.5 Å². The van der Waals surface area contributed by atoms with Crippen molar-refractivity contribution in [2.24, 2.45) is 0 Å². The number of ether oxygens (including phenoxy) is 4. The van der Waals surface area contributed by atoms with E-state index in [9.17, 15) is 9.90 Å². The van der Waals surface area contributed by atoms with E-state index in [-0.39, 0.29) is 5.91 Å². The maximum absolute atomic E-state index is 12.7. The molecule has 1 saturated heterocycles. The summed E-state index contributed by atoms with van der Waals surface area (Å²) >= 11 is 0. The van der Waals surface area contributed by atoms with Crippen LogP contribution in [0.5, 0.6) is 23.0 Å². The second-order valence-corrected chi connectivity index (χ2v) is 8.66. The van der Waals surface area contributed by atoms with Crippen molar-refractivity contribution in [2.75, 3.05) is 46.6 Å². The number of amides is 1. The van der Waals surface area contributed by atoms with Gasteiger partial charge in [-0.1, -0.05) is 6.07 Å². The summed E-state index contributed by atoms with van der Waals surface area (Å²) in [4.78, 5) is 15.0. The highest BCUT2D eigenvalue weighted by Crippen LogP contribution is 2.33. The summed E-state index contributed by atoms with van der Waals surface area (Å²) in [6, 6.07) is 12.4. The van der Waals surface area contributed by atoms with Crippen LogP contribution in [0, 0.1) is 0 Å². The number of carbonyl (C=O) groups excluding carboxylic acids is 1. The molecule has 184 valence electrons. The molecule has 2 unspecified atom stereocenters. The van der Waals surface area contributed by atoms with Crippen molar-refractivity contribution in [1.82, 2.24) is 10.2 Å². The number of nitrogens with zero attached hydrogens (tertiary/aromatic N) is 1. The number of methoxy groups -OCH3 is 1. The lowest BCUT2D eigenvalue weighted by atomic mass is 10.0. The number of nitrogens with one attached hydrogen (secondary N) is 1. The van der Waals surface area contributed by atoms with Crippen LogP contribution in [0.4, 0.5) is 0 Å². The summed E-state index contributed by atoms with van der Waals surface area (Å²) in [5.41, 5.74) is 0.705. The second kappa shape index (κ2) is 11.9. The molecular weight excluding hydrogens is 436 g/mol. The number of carbonyl (C=O) groups is 1. The maximum atomic E-state index is 12.7. The third-order valence-corrected chi connectivity index (χ3v) is 6.17. The minimum absolute atomic E-state index is 0.0980. The van der Waals surface area contributed by atoms with E-state index in [2.05, 4.69) is 10.2 Å². The molecule has 0 radical (unpaired) electrons. The number of hydrogen-bond donors (Lipinski definition) is 2. The zero-order valence-electron chi connectivity index (χ0n) is 19.7. The van der Waals surface area contributed by atoms with Gasteiger partial charge in [-0.25, -0.2) is 0 Å². The van der Waals surface area contributed by atoms with Gasteiger partial charge >= 0.3 is 0 Å². The van der Waals surface area contributed by atoms with Crippen molar-refractivity contribution < 1.29 is 28.8 Å². The number of rotatable bonds is 11. The fraction of sp³-hybridized carbons (Fsp3) is 0.500. The summed E-state index contributed by atoms with van der Waals surface area (Å²) in [5.74, 6) is 2.72. The number of aliphatic hydroxyl groups is 1. The average molecular weight is 471 g/mol. The van der Waals surface area contributed by atoms with Crippen LogP contribution >= 0.6 is 0 Å². The number of likely N-dealkylation sites (tertiary alicyclic amines) is 1. The molecule has 0 bridgehead atoms. The molecule has 2 N–H and O–H groups in total. The molecule has 2 aromatic carbocycles. The number of benzene rings is 2. The summed E-state index contributed by atoms with van der Waals surface area (Å²) in [5, 5.41) is 14.2. The molecule has 0 aromatic heterocycles. The van der Waals surface area contributed by atoms with Crippen molar-refractivity contribution in [3.63, 3.8) is 0 Å². The lowest BCUT2D eigenvalue weighted by molar-refractivity contribution is -0.123. The minimum atomic E-state index is -0.851. The van der Waals surface area contributed by atoms with Gasteiger partial charge in [0.1, 0.15) is 30.8 Å². The zero-order valence-corrected chi connectivity index (χ0v) is 19.7. The third kappa shape index (κ3) is 6.55. The zero-order chi connectivity index (χ0) is 23.8. The van der Waals surface area contributed by atoms with Crippen LogP contribution in [0.1, 0.15) is 37.4 Å². The predicted molar refractivity (Wildman–Crippen MR) is 128 cm³/mol. The minimum Gasteiger partial charge on any atom is -0.497 e. The SMILES string of the molecule is COc1ccc(OCCCC(=O)NC(CN2CCCC2)C(O)c2ccc3c(c2)OCCO3)cc1. The quantitative estimate of drug-likeness (QED) is 0.488. The molecule has 0 saturated carbocycles. The molecule has 2 aliphatic rings. The Hall–Kier alpha value is -2.97. The molecule has 1 fully saturated rings. The van der Waals surface area contributed by atoms with Gasteiger partial charge in [0.2, 0.25) is 5.91 Å². The second-order valence-electron chi connectivity index (χ2n) is 8.66. The summed E-state index contributed by atoms with van der Waals surface area (Å²) in [7, 11) is 1.62. The Morgan fingerprint density at radius 2 is 1.76 bits per heavy atom. The Morgan fingerprint density at radius 3 is 2.50 bits per heavy atom. The lowest BCUT2D eigenvalue weighted by Gasteiger charge is -2.29. The maximum Gasteiger partial charge on any atom is 0.220 e. The molecule has 2 heterocycles. The Labute approximate surface area is 200 Å². The smallest absolute Gasteiger partial charge is 0.220 e. The molecular formula is C26H34N2O6. The van der Waals surface area contributed by atoms with Gasteiger partial charge in [0.05, 0.1) is 19.8 Å². The number of aliphatic hydroxyl groups excluding tert-OH is 1. The first-order valence-corrected chi connectivity index (χ1v) is 12.0. The van der Waals surface area contributed by atoms with E-state index in [0.29, 0.717) is 56.3 Å². The molecule has 2 aromatic rings. The van der Waals surface area contributed by atoms with Crippen LogP contribution < -0.4 is 24.3 Å². The molecule has 2 aliphatic heterocycles. The van der Waals surface area contributed by atoms with Crippen molar-refractivity contribution >= 4 is 5.91 Å². The lowest BCUT2D eigenvalue weighted by Crippen LogP contribution is -2.46. The van der Waals surface area contributed by atoms with Gasteiger partial charge < -0.3 is 34.3 Å². The Kier molecular flexibility index (Phi) is 8.49. The fourth-order valence-electron chi connectivity index (χ4n) is 4.32. The molecule has 4 rings (SSSR count). The van der Waals surface area contributed by atoms with E-state index < -0.39 is 12.1 Å². The monoisotopic (exact) mass is 470 g/mol. The van der Waals surface area contributed by atoms with E-state index in [0.717, 1.165) is 37.4 Å². The van der Waals surface area contributed by atoms with Crippen LogP contribution in [-0.2, 0) is 4.79 Å². The highest BCUT2D eigenvalue weighted by molar-refractivity contribution is 5.76. The van der Waals surface area contributed by atoms with Crippen LogP contribution in [0.25, 0.3) is 0 Å². The summed E-state index contributed by atoms with van der Waals surface area (Å²) in [6.45, 7) is 4.00. The molecule has 0 spiro atoms. The van der Waals surface area contributed by atoms with E-state index in [1.807, 2.05) is 42.5 Å². The van der Waals surface area contributed by atoms with Crippen LogP contribution in [0.15, 0.2) is 42.5 Å². The van der Waals surface area contributed by atoms with Gasteiger partial charge in [0, 0.05) is 13.0 Å². The molecule has 1 amide bonds. The van der Waals surface area contributed by atoms with Gasteiger partial charge in [-0.05, 0) is 74.3 Å². The van der Waals surface area contributed by atoms with Crippen molar-refractivity contribution in [1.29, 1.82) is 0 Å². The van der Waals surface area contributed by atoms with E-state index in [1.54, 1.807) is 7.11 Å². The van der Waals surface area contributed by atoms with Crippen molar-refractivity contribution in [3.8, 4) is 23.0 Å². The summed E-state index contributed by atoms with van der Waals surface area (Å²) < 4.78 is 22.1. The normalized spacial score (nSPS) is 17.1. The van der Waals surface area contributed by atoms with Crippen LogP contribution in [0.3, 0.4) is 0 Å². The van der Waals surface area contributed by atoms with E-state index >= 15 is 0 Å². The highest BCUT2D eigenvalue weighted by atomic mass is 16.6. The van der Waals surface area contributed by atoms with Crippen LogP contribution in [0.2, 0.25) is 0 Å². The first-order valence-electron chi connectivity index (χ1n) is 12.0. The average Bonchev–Trinajstić information content (AvgIpc) is 3.39. The van der Waals surface area contributed by atoms with Gasteiger partial charge in [-0.2, -0.15) is 0 Å². The predicted octanol–water partition coefficient (Wildman–Crippen LogP) is 2.94. The van der Waals surface area contributed by atoms with Gasteiger partial charge in [0.25, 0.3) is 0 Å². The van der Waals surface area contributed by atoms with Crippen molar-refractivity contribution in [3.05, 3.63) is 48.0 Å². The van der Waals surface area contributed by atoms with E-state index in [4.69, 9.17) is 18.9 Å². The van der Waals surface area contributed by atoms with Gasteiger partial charge in [-0.15, -0.1) is 0 Å². The topological polar surface area (TPSA) is 89.5 Å². The highest BCUT2D eigenvalue weighted by Gasteiger charge is 2.27. The Balaban J connectivity index is 1.32. The molecule has 34 heavy (non-hydrogen) atoms. The first-order chi connectivity index (χ1) is 16.6. The van der Waals surface area contributed by atoms with Crippen molar-refractivity contribution in [2.45, 2.75) is 37.8 Å². The largest absolute Gasteiger partial charge is 0.497 e. The molecule has 8 heteroatoms. The first kappa shape index (κ1) is 24.2. The Morgan fingerprint density at radius 1 is 1.06 bits per heavy atom. The third-order valence-electron chi connectivity index (χ3n) is 6.17. The van der Waals surface area contributed by atoms with E-state index in [1.165, 1.54) is 0 Å². The van der Waals surface area contributed by atoms with Gasteiger partial charge in [0.15, 0.2) is 11.5 Å². The fourth-order valence-corrected chi connectivity index (χ4v) is 4.32. The number of fused-ring (bicyclic) bond motifs is 1. The summed E-state index contributed by atoms with van der Waals surface area (Å²) in [6.07, 6.45) is 2.33. The molecule has 8 nitrogen and oxygen atoms in total. The molecule has 0 aliphatic carbocycles. The molecule has 2 atom stereocenters. The Bertz CT molecular complexity index is 929.